The Hall–Kier alpha value is -6.12. The van der Waals surface area contributed by atoms with E-state index in [9.17, 15) is 17.6 Å². The Morgan fingerprint density at radius 1 is 0.432 bits per heavy atom. The molecule has 0 aliphatic heterocycles. The Labute approximate surface area is 531 Å². The highest BCUT2D eigenvalue weighted by molar-refractivity contribution is 7.19. The number of aryl methyl sites for hydroxylation is 2. The lowest BCUT2D eigenvalue weighted by atomic mass is 9.80. The first-order valence-electron chi connectivity index (χ1n) is 31.0. The van der Waals surface area contributed by atoms with Gasteiger partial charge in [-0.15, -0.1) is 22.7 Å². The van der Waals surface area contributed by atoms with Gasteiger partial charge in [-0.2, -0.15) is 0 Å². The van der Waals surface area contributed by atoms with Crippen LogP contribution >= 0.6 is 22.7 Å². The van der Waals surface area contributed by atoms with Crippen LogP contribution in [0.4, 0.5) is 17.6 Å². The van der Waals surface area contributed by atoms with E-state index in [4.69, 9.17) is 4.98 Å². The van der Waals surface area contributed by atoms with E-state index in [1.54, 1.807) is 46.9 Å². The average Bonchev–Trinajstić information content (AvgIpc) is 1.88. The van der Waals surface area contributed by atoms with Crippen LogP contribution < -0.4 is 0 Å². The molecule has 0 aliphatic carbocycles. The Morgan fingerprint density at radius 2 is 0.966 bits per heavy atom. The highest BCUT2D eigenvalue weighted by Gasteiger charge is 2.32. The second-order valence-electron chi connectivity index (χ2n) is 30.9. The van der Waals surface area contributed by atoms with E-state index < -0.39 is 0 Å². The fourth-order valence-corrected chi connectivity index (χ4v) is 14.0. The predicted octanol–water partition coefficient (Wildman–Crippen LogP) is 22.4. The zero-order valence-electron chi connectivity index (χ0n) is 58.1. The maximum Gasteiger partial charge on any atom is 0.143 e. The summed E-state index contributed by atoms with van der Waals surface area (Å²) in [6.07, 6.45) is 5.75. The summed E-state index contributed by atoms with van der Waals surface area (Å²) in [6.45, 7) is 58.8. The number of rotatable bonds is 4. The van der Waals surface area contributed by atoms with Crippen molar-refractivity contribution in [3.8, 4) is 0 Å². The lowest BCUT2D eigenvalue weighted by molar-refractivity contribution is 0.477. The third kappa shape index (κ3) is 16.1. The minimum absolute atomic E-state index is 0.0108. The summed E-state index contributed by atoms with van der Waals surface area (Å²) in [7, 11) is 2.00. The molecule has 0 amide bonds. The molecular weight excluding hydrogens is 1140 g/mol. The number of aromatic nitrogens is 8. The Balaban J connectivity index is 0.000000176. The molecule has 0 N–H and O–H groups in total. The van der Waals surface area contributed by atoms with E-state index in [1.807, 2.05) is 13.2 Å². The minimum atomic E-state index is -0.340. The molecule has 14 heteroatoms. The SMILES string of the molecule is CC(C)(C)c1sc2cc(F)cnc2c1C(C)(C)C.CC(C)c1c(C(C)(C)C)cnc2cc(F)cnc12.CC(C)c1c(C(C)(C)C)n(C)c2cc(F)cnc12.CC(C)n1c(C(C)(C)C)nc2ccc(F)cc21.Cc1nc2c(C(C)(C)C)c(C(C)C)ccc2s1. The number of imidazole rings is 1. The molecule has 10 aromatic rings. The van der Waals surface area contributed by atoms with Crippen molar-refractivity contribution in [1.82, 2.24) is 39.0 Å². The van der Waals surface area contributed by atoms with Crippen molar-refractivity contribution >= 4 is 76.2 Å². The molecule has 0 aliphatic rings. The summed E-state index contributed by atoms with van der Waals surface area (Å²) >= 11 is 3.46. The quantitative estimate of drug-likeness (QED) is 0.163. The van der Waals surface area contributed by atoms with Crippen molar-refractivity contribution in [3.05, 3.63) is 151 Å². The van der Waals surface area contributed by atoms with Crippen LogP contribution in [0.5, 0.6) is 0 Å². The fourth-order valence-electron chi connectivity index (χ4n) is 11.7. The monoisotopic (exact) mass is 1240 g/mol. The van der Waals surface area contributed by atoms with Crippen LogP contribution in [0.3, 0.4) is 0 Å². The highest BCUT2D eigenvalue weighted by Crippen LogP contribution is 2.45. The smallest absolute Gasteiger partial charge is 0.143 e. The summed E-state index contributed by atoms with van der Waals surface area (Å²) in [4.78, 5) is 27.9. The molecule has 0 bridgehead atoms. The molecule has 476 valence electrons. The number of thiazole rings is 1. The normalized spacial score (nSPS) is 12.7. The van der Waals surface area contributed by atoms with Crippen molar-refractivity contribution < 1.29 is 17.6 Å². The molecule has 0 atom stereocenters. The third-order valence-electron chi connectivity index (χ3n) is 15.3. The van der Waals surface area contributed by atoms with E-state index in [2.05, 4.69) is 233 Å². The van der Waals surface area contributed by atoms with Crippen molar-refractivity contribution in [3.63, 3.8) is 0 Å². The zero-order chi connectivity index (χ0) is 66.5. The molecule has 88 heavy (non-hydrogen) atoms. The summed E-state index contributed by atoms with van der Waals surface area (Å²) in [5.74, 6) is 1.18. The van der Waals surface area contributed by atoms with Crippen molar-refractivity contribution in [1.29, 1.82) is 0 Å². The van der Waals surface area contributed by atoms with Gasteiger partial charge in [-0.1, -0.05) is 172 Å². The van der Waals surface area contributed by atoms with Crippen molar-refractivity contribution in [2.24, 2.45) is 7.05 Å². The van der Waals surface area contributed by atoms with Gasteiger partial charge in [0.25, 0.3) is 0 Å². The van der Waals surface area contributed by atoms with Gasteiger partial charge in [-0.25, -0.2) is 27.5 Å². The van der Waals surface area contributed by atoms with Gasteiger partial charge in [0.05, 0.1) is 77.1 Å². The lowest BCUT2D eigenvalue weighted by Crippen LogP contribution is -2.20. The van der Waals surface area contributed by atoms with E-state index >= 15 is 0 Å². The summed E-state index contributed by atoms with van der Waals surface area (Å²) in [5.41, 5.74) is 16.4. The Bertz CT molecular complexity index is 4080. The summed E-state index contributed by atoms with van der Waals surface area (Å²) < 4.78 is 59.7. The lowest BCUT2D eigenvalue weighted by Gasteiger charge is -2.26. The molecular formula is C74H100F4N8S2. The van der Waals surface area contributed by atoms with Crippen molar-refractivity contribution in [2.75, 3.05) is 0 Å². The first-order chi connectivity index (χ1) is 40.2. The molecule has 0 spiro atoms. The average molecular weight is 1240 g/mol. The number of hydrogen-bond donors (Lipinski definition) is 0. The molecule has 0 saturated heterocycles. The Kier molecular flexibility index (Phi) is 21.3. The largest absolute Gasteiger partial charge is 0.345 e. The first-order valence-corrected chi connectivity index (χ1v) is 32.6. The van der Waals surface area contributed by atoms with Gasteiger partial charge in [0.2, 0.25) is 0 Å². The molecule has 8 aromatic heterocycles. The van der Waals surface area contributed by atoms with E-state index in [0.717, 1.165) is 48.6 Å². The maximum atomic E-state index is 13.4. The molecule has 0 saturated carbocycles. The van der Waals surface area contributed by atoms with Gasteiger partial charge in [0.15, 0.2) is 0 Å². The molecule has 8 heterocycles. The van der Waals surface area contributed by atoms with Gasteiger partial charge in [-0.05, 0) is 118 Å². The van der Waals surface area contributed by atoms with Gasteiger partial charge < -0.3 is 9.13 Å². The molecule has 0 unspecified atom stereocenters. The number of benzene rings is 2. The van der Waals surface area contributed by atoms with E-state index in [1.165, 1.54) is 84.9 Å². The number of fused-ring (bicyclic) bond motifs is 5. The summed E-state index contributed by atoms with van der Waals surface area (Å²) in [5, 5.41) is 1.16. The topological polar surface area (TPSA) is 87.2 Å². The van der Waals surface area contributed by atoms with Crippen LogP contribution in [0, 0.1) is 30.2 Å². The number of halogens is 4. The predicted molar refractivity (Wildman–Crippen MR) is 369 cm³/mol. The molecule has 0 fully saturated rings. The number of pyridine rings is 4. The van der Waals surface area contributed by atoms with Crippen LogP contribution in [0.25, 0.3) is 53.5 Å². The van der Waals surface area contributed by atoms with Gasteiger partial charge in [-0.3, -0.25) is 19.9 Å². The molecule has 2 aromatic carbocycles. The molecule has 0 radical (unpaired) electrons. The minimum Gasteiger partial charge on any atom is -0.345 e. The van der Waals surface area contributed by atoms with Crippen LogP contribution in [0.15, 0.2) is 73.3 Å². The number of hydrogen-bond acceptors (Lipinski definition) is 8. The second kappa shape index (κ2) is 26.4. The fraction of sp³-hybridized carbons (Fsp3) is 0.514. The Morgan fingerprint density at radius 3 is 1.47 bits per heavy atom. The standard InChI is InChI=1S/C15H21FN2.C15H19FN2.C15H20FNS.C15H21NS.C14H19FN2/c1-9(2)12-13-11(7-10(16)8-17-13)18(6)14(12)15(3,4)5;1-9(2)13-11(15(3,4)5)8-17-12-6-10(16)7-18-14(12)13;1-14(2,3)11-12-10(7-9(16)8-17-12)18-13(11)15(4,5)6;1-9(2)11-7-8-12-14(16-10(3)17-12)13(11)15(4,5)6;1-9(2)17-12-8-10(15)6-7-11(12)16-13(17)14(3,4)5/h7-9H,1-6H3;6-9H,1-5H3;7-8H,1-6H3;7-9H,1-6H3;6-9H,1-5H3. The first kappa shape index (κ1) is 71.0. The maximum absolute atomic E-state index is 13.4. The third-order valence-corrected chi connectivity index (χ3v) is 17.8. The highest BCUT2D eigenvalue weighted by atomic mass is 32.1. The van der Waals surface area contributed by atoms with Crippen LogP contribution in [-0.2, 0) is 39.5 Å². The van der Waals surface area contributed by atoms with E-state index in [-0.39, 0.29) is 61.8 Å². The zero-order valence-corrected chi connectivity index (χ0v) is 59.8. The van der Waals surface area contributed by atoms with Crippen molar-refractivity contribution in [2.45, 2.75) is 243 Å². The van der Waals surface area contributed by atoms with E-state index in [0.29, 0.717) is 23.3 Å². The van der Waals surface area contributed by atoms with Gasteiger partial charge in [0.1, 0.15) is 29.1 Å². The summed E-state index contributed by atoms with van der Waals surface area (Å²) in [6, 6.07) is 14.2. The number of nitrogens with zero attached hydrogens (tertiary/aromatic N) is 8. The van der Waals surface area contributed by atoms with Crippen LogP contribution in [0.2, 0.25) is 0 Å². The second-order valence-corrected chi connectivity index (χ2v) is 33.1. The van der Waals surface area contributed by atoms with Crippen LogP contribution in [0.1, 0.15) is 259 Å². The van der Waals surface area contributed by atoms with Gasteiger partial charge >= 0.3 is 0 Å². The van der Waals surface area contributed by atoms with Gasteiger partial charge in [0, 0.05) is 58.4 Å². The molecule has 8 nitrogen and oxygen atoms in total. The van der Waals surface area contributed by atoms with Crippen LogP contribution in [-0.4, -0.2) is 39.0 Å². The number of thiophene rings is 1. The molecule has 10 rings (SSSR count).